The van der Waals surface area contributed by atoms with Gasteiger partial charge in [0.25, 0.3) is 11.6 Å². The zero-order chi connectivity index (χ0) is 20.2. The molecule has 146 valence electrons. The van der Waals surface area contributed by atoms with Crippen molar-refractivity contribution in [3.8, 4) is 12.3 Å². The van der Waals surface area contributed by atoms with Crippen molar-refractivity contribution in [2.75, 3.05) is 20.0 Å². The van der Waals surface area contributed by atoms with Crippen molar-refractivity contribution in [2.45, 2.75) is 25.8 Å². The smallest absolute Gasteiger partial charge is 0.307 e. The van der Waals surface area contributed by atoms with Crippen LogP contribution >= 0.6 is 0 Å². The molecule has 0 aliphatic carbocycles. The minimum atomic E-state index is -1.06. The summed E-state index contributed by atoms with van der Waals surface area (Å²) in [4.78, 5) is 33.8. The number of non-ortho nitro benzene ring substituents is 1. The monoisotopic (exact) mass is 378 g/mol. The predicted octanol–water partition coefficient (Wildman–Crippen LogP) is 1.82. The highest BCUT2D eigenvalue weighted by molar-refractivity contribution is 5.94. The molecule has 1 aromatic rings. The highest BCUT2D eigenvalue weighted by Gasteiger charge is 2.24. The fourth-order valence-corrected chi connectivity index (χ4v) is 2.26. The number of terminal acetylenes is 1. The maximum atomic E-state index is 12.4. The Labute approximate surface area is 156 Å². The van der Waals surface area contributed by atoms with Crippen LogP contribution in [0.4, 0.5) is 5.69 Å². The number of carboxylic acid groups (broad SMARTS) is 1. The highest BCUT2D eigenvalue weighted by Crippen LogP contribution is 2.15. The molecule has 1 rings (SSSR count). The molecule has 0 saturated heterocycles. The zero-order valence-electron chi connectivity index (χ0n) is 14.9. The van der Waals surface area contributed by atoms with Crippen LogP contribution in [-0.2, 0) is 14.3 Å². The van der Waals surface area contributed by atoms with Gasteiger partial charge in [-0.25, -0.2) is 0 Å². The number of rotatable bonds is 12. The summed E-state index contributed by atoms with van der Waals surface area (Å²) < 4.78 is 10.4. The Morgan fingerprint density at radius 1 is 1.33 bits per heavy atom. The predicted molar refractivity (Wildman–Crippen MR) is 96.0 cm³/mol. The third-order valence-electron chi connectivity index (χ3n) is 3.65. The van der Waals surface area contributed by atoms with E-state index in [9.17, 15) is 24.8 Å². The maximum Gasteiger partial charge on any atom is 0.307 e. The summed E-state index contributed by atoms with van der Waals surface area (Å²) >= 11 is 0. The van der Waals surface area contributed by atoms with Gasteiger partial charge in [-0.05, 0) is 25.5 Å². The highest BCUT2D eigenvalue weighted by atomic mass is 16.7. The number of carbonyl (C=O) groups excluding carboxylic acids is 1. The van der Waals surface area contributed by atoms with Gasteiger partial charge in [0.05, 0.1) is 23.5 Å². The van der Waals surface area contributed by atoms with Crippen LogP contribution < -0.4 is 5.32 Å². The topological polar surface area (TPSA) is 128 Å². The number of nitro groups is 1. The second kappa shape index (κ2) is 11.6. The van der Waals surface area contributed by atoms with E-state index in [4.69, 9.17) is 15.9 Å². The molecule has 9 nitrogen and oxygen atoms in total. The van der Waals surface area contributed by atoms with E-state index in [1.807, 2.05) is 0 Å². The molecule has 27 heavy (non-hydrogen) atoms. The molecule has 0 unspecified atom stereocenters. The third-order valence-corrected chi connectivity index (χ3v) is 3.65. The normalized spacial score (nSPS) is 12.6. The summed E-state index contributed by atoms with van der Waals surface area (Å²) in [6, 6.07) is 4.45. The van der Waals surface area contributed by atoms with Crippen molar-refractivity contribution < 1.29 is 29.1 Å². The van der Waals surface area contributed by atoms with Gasteiger partial charge in [-0.2, -0.15) is 0 Å². The second-order valence-corrected chi connectivity index (χ2v) is 5.63. The molecule has 0 fully saturated rings. The minimum absolute atomic E-state index is 0.00722. The quantitative estimate of drug-likeness (QED) is 0.187. The van der Waals surface area contributed by atoms with Gasteiger partial charge in [0, 0.05) is 30.7 Å². The summed E-state index contributed by atoms with van der Waals surface area (Å²) in [5, 5.41) is 22.6. The second-order valence-electron chi connectivity index (χ2n) is 5.63. The zero-order valence-corrected chi connectivity index (χ0v) is 14.9. The summed E-state index contributed by atoms with van der Waals surface area (Å²) in [7, 11) is 0. The molecule has 0 aliphatic heterocycles. The fraction of sp³-hybridized carbons (Fsp3) is 0.444. The van der Waals surface area contributed by atoms with Gasteiger partial charge in [-0.3, -0.25) is 19.7 Å². The van der Waals surface area contributed by atoms with Crippen molar-refractivity contribution in [1.82, 2.24) is 5.32 Å². The summed E-state index contributed by atoms with van der Waals surface area (Å²) in [6.45, 7) is 2.29. The lowest BCUT2D eigenvalue weighted by Gasteiger charge is -2.21. The molecule has 1 aromatic carbocycles. The van der Waals surface area contributed by atoms with Crippen LogP contribution in [0.5, 0.6) is 0 Å². The van der Waals surface area contributed by atoms with Crippen LogP contribution in [0.2, 0.25) is 0 Å². The molecular formula is C18H22N2O7. The Bertz CT molecular complexity index is 682. The fourth-order valence-electron chi connectivity index (χ4n) is 2.26. The first-order valence-corrected chi connectivity index (χ1v) is 8.26. The molecule has 0 radical (unpaired) electrons. The Morgan fingerprint density at radius 3 is 2.52 bits per heavy atom. The average molecular weight is 378 g/mol. The lowest BCUT2D eigenvalue weighted by atomic mass is 9.97. The maximum absolute atomic E-state index is 12.4. The Kier molecular flexibility index (Phi) is 9.50. The summed E-state index contributed by atoms with van der Waals surface area (Å²) in [5.74, 6) is -0.0930. The first kappa shape index (κ1) is 22.1. The van der Waals surface area contributed by atoms with Crippen LogP contribution in [0.15, 0.2) is 24.3 Å². The number of nitrogens with zero attached hydrogens (tertiary/aromatic N) is 1. The number of nitrogens with one attached hydrogen (secondary N) is 1. The van der Waals surface area contributed by atoms with Crippen LogP contribution in [0.1, 0.15) is 30.1 Å². The van der Waals surface area contributed by atoms with Crippen molar-refractivity contribution in [1.29, 1.82) is 0 Å². The lowest BCUT2D eigenvalue weighted by molar-refractivity contribution is -0.384. The number of nitro benzene ring substituents is 1. The molecule has 0 aromatic heterocycles. The first-order valence-electron chi connectivity index (χ1n) is 8.26. The van der Waals surface area contributed by atoms with Gasteiger partial charge >= 0.3 is 5.97 Å². The van der Waals surface area contributed by atoms with Gasteiger partial charge < -0.3 is 19.9 Å². The SMILES string of the molecule is C#CC[C@@H](C[C@@H](COCOCC)NC(=O)c1ccc([N+](=O)[O-])cc1)C(=O)O. The van der Waals surface area contributed by atoms with Crippen molar-refractivity contribution in [2.24, 2.45) is 5.92 Å². The van der Waals surface area contributed by atoms with E-state index in [0.717, 1.165) is 0 Å². The van der Waals surface area contributed by atoms with Crippen LogP contribution in [0.3, 0.4) is 0 Å². The van der Waals surface area contributed by atoms with Gasteiger partial charge in [0.2, 0.25) is 0 Å². The van der Waals surface area contributed by atoms with Crippen LogP contribution in [-0.4, -0.2) is 48.0 Å². The molecule has 0 saturated carbocycles. The first-order chi connectivity index (χ1) is 12.9. The molecule has 0 heterocycles. The van der Waals surface area contributed by atoms with Gasteiger partial charge in [-0.15, -0.1) is 12.3 Å². The van der Waals surface area contributed by atoms with Gasteiger partial charge in [0.15, 0.2) is 0 Å². The Hall–Kier alpha value is -2.96. The lowest BCUT2D eigenvalue weighted by Crippen LogP contribution is -2.40. The Balaban J connectivity index is 2.80. The van der Waals surface area contributed by atoms with E-state index in [1.165, 1.54) is 24.3 Å². The van der Waals surface area contributed by atoms with E-state index < -0.39 is 28.8 Å². The minimum Gasteiger partial charge on any atom is -0.481 e. The van der Waals surface area contributed by atoms with Gasteiger partial charge in [-0.1, -0.05) is 0 Å². The number of aliphatic carboxylic acids is 1. The molecule has 2 atom stereocenters. The molecular weight excluding hydrogens is 356 g/mol. The number of hydrogen-bond donors (Lipinski definition) is 2. The summed E-state index contributed by atoms with van der Waals surface area (Å²) in [6.07, 6.45) is 5.30. The number of benzene rings is 1. The van der Waals surface area contributed by atoms with E-state index >= 15 is 0 Å². The number of amides is 1. The number of ether oxygens (including phenoxy) is 2. The molecule has 0 bridgehead atoms. The average Bonchev–Trinajstić information content (AvgIpc) is 2.64. The van der Waals surface area contributed by atoms with E-state index in [2.05, 4.69) is 11.2 Å². The standard InChI is InChI=1S/C18H22N2O7/c1-3-5-14(18(22)23)10-15(11-27-12-26-4-2)19-17(21)13-6-8-16(9-7-13)20(24)25/h1,6-9,14-15H,4-5,10-12H2,2H3,(H,19,21)(H,22,23)/t14-,15-/m0/s1. The number of carboxylic acids is 1. The molecule has 9 heteroatoms. The van der Waals surface area contributed by atoms with Crippen LogP contribution in [0, 0.1) is 28.4 Å². The number of carbonyl (C=O) groups is 2. The molecule has 0 aliphatic rings. The molecule has 1 amide bonds. The van der Waals surface area contributed by atoms with E-state index in [0.29, 0.717) is 6.61 Å². The van der Waals surface area contributed by atoms with Gasteiger partial charge in [0.1, 0.15) is 6.79 Å². The van der Waals surface area contributed by atoms with Crippen molar-refractivity contribution in [3.05, 3.63) is 39.9 Å². The van der Waals surface area contributed by atoms with E-state index in [-0.39, 0.29) is 37.5 Å². The largest absolute Gasteiger partial charge is 0.481 e. The van der Waals surface area contributed by atoms with Crippen molar-refractivity contribution >= 4 is 17.6 Å². The van der Waals surface area contributed by atoms with Crippen LogP contribution in [0.25, 0.3) is 0 Å². The molecule has 0 spiro atoms. The Morgan fingerprint density at radius 2 is 2.00 bits per heavy atom. The third kappa shape index (κ3) is 7.85. The number of hydrogen-bond acceptors (Lipinski definition) is 6. The van der Waals surface area contributed by atoms with Crippen molar-refractivity contribution in [3.63, 3.8) is 0 Å². The molecule has 2 N–H and O–H groups in total. The summed E-state index contributed by atoms with van der Waals surface area (Å²) in [5.41, 5.74) is 0.0716. The van der Waals surface area contributed by atoms with E-state index in [1.54, 1.807) is 6.92 Å².